The molecule has 0 amide bonds. The van der Waals surface area contributed by atoms with Crippen molar-refractivity contribution in [3.8, 4) is 11.3 Å². The van der Waals surface area contributed by atoms with Crippen molar-refractivity contribution in [3.05, 3.63) is 47.4 Å². The third kappa shape index (κ3) is 2.99. The summed E-state index contributed by atoms with van der Waals surface area (Å²) in [5, 5.41) is 9.35. The van der Waals surface area contributed by atoms with Gasteiger partial charge in [-0.05, 0) is 31.9 Å². The predicted molar refractivity (Wildman–Crippen MR) is 77.1 cm³/mol. The first-order chi connectivity index (χ1) is 9.15. The van der Waals surface area contributed by atoms with Gasteiger partial charge in [0.05, 0.1) is 12.3 Å². The Morgan fingerprint density at radius 3 is 2.63 bits per heavy atom. The second kappa shape index (κ2) is 5.93. The molecule has 100 valence electrons. The third-order valence-electron chi connectivity index (χ3n) is 3.41. The lowest BCUT2D eigenvalue weighted by Gasteiger charge is -2.12. The van der Waals surface area contributed by atoms with Gasteiger partial charge in [-0.1, -0.05) is 30.7 Å². The zero-order valence-electron chi connectivity index (χ0n) is 11.7. The van der Waals surface area contributed by atoms with Gasteiger partial charge in [-0.2, -0.15) is 0 Å². The predicted octanol–water partition coefficient (Wildman–Crippen LogP) is 3.25. The Bertz CT molecular complexity index is 562. The lowest BCUT2D eigenvalue weighted by molar-refractivity contribution is 0.257. The van der Waals surface area contributed by atoms with Crippen molar-refractivity contribution in [2.24, 2.45) is 0 Å². The molecule has 0 saturated heterocycles. The van der Waals surface area contributed by atoms with Gasteiger partial charge in [0, 0.05) is 17.7 Å². The second-order valence-corrected chi connectivity index (χ2v) is 4.91. The van der Waals surface area contributed by atoms with Crippen LogP contribution in [0.25, 0.3) is 11.3 Å². The molecule has 19 heavy (non-hydrogen) atoms. The zero-order valence-corrected chi connectivity index (χ0v) is 11.7. The minimum Gasteiger partial charge on any atom is -0.396 e. The number of nitrogens with zero attached hydrogens (tertiary/aromatic N) is 2. The summed E-state index contributed by atoms with van der Waals surface area (Å²) in [6.45, 7) is 6.30. The summed E-state index contributed by atoms with van der Waals surface area (Å²) in [4.78, 5) is 8.89. The van der Waals surface area contributed by atoms with E-state index in [1.165, 1.54) is 11.1 Å². The van der Waals surface area contributed by atoms with Gasteiger partial charge in [0.25, 0.3) is 0 Å². The fourth-order valence-electron chi connectivity index (χ4n) is 2.21. The molecule has 1 unspecified atom stereocenters. The molecule has 2 rings (SSSR count). The van der Waals surface area contributed by atoms with Gasteiger partial charge < -0.3 is 5.11 Å². The highest BCUT2D eigenvalue weighted by atomic mass is 16.3. The van der Waals surface area contributed by atoms with Crippen LogP contribution in [0.2, 0.25) is 0 Å². The maximum absolute atomic E-state index is 9.35. The topological polar surface area (TPSA) is 46.0 Å². The first kappa shape index (κ1) is 13.7. The molecule has 1 N–H and O–H groups in total. The van der Waals surface area contributed by atoms with Crippen LogP contribution in [0.3, 0.4) is 0 Å². The average Bonchev–Trinajstić information content (AvgIpc) is 2.40. The van der Waals surface area contributed by atoms with Crippen LogP contribution < -0.4 is 0 Å². The van der Waals surface area contributed by atoms with Gasteiger partial charge in [0.2, 0.25) is 0 Å². The molecule has 3 nitrogen and oxygen atoms in total. The van der Waals surface area contributed by atoms with Crippen LogP contribution in [0.1, 0.15) is 36.2 Å². The second-order valence-electron chi connectivity index (χ2n) is 4.91. The van der Waals surface area contributed by atoms with Crippen LogP contribution >= 0.6 is 0 Å². The van der Waals surface area contributed by atoms with E-state index in [9.17, 15) is 5.11 Å². The van der Waals surface area contributed by atoms with E-state index in [1.807, 2.05) is 13.0 Å². The van der Waals surface area contributed by atoms with Crippen molar-refractivity contribution in [2.75, 3.05) is 6.61 Å². The Morgan fingerprint density at radius 1 is 1.21 bits per heavy atom. The van der Waals surface area contributed by atoms with Gasteiger partial charge in [0.1, 0.15) is 5.82 Å². The van der Waals surface area contributed by atoms with E-state index < -0.39 is 0 Å². The number of hydrogen-bond acceptors (Lipinski definition) is 3. The maximum atomic E-state index is 9.35. The summed E-state index contributed by atoms with van der Waals surface area (Å²) in [5.41, 5.74) is 4.51. The molecule has 1 aromatic carbocycles. The molecule has 0 bridgehead atoms. The van der Waals surface area contributed by atoms with E-state index >= 15 is 0 Å². The molecule has 0 radical (unpaired) electrons. The van der Waals surface area contributed by atoms with Crippen LogP contribution in [0.5, 0.6) is 0 Å². The Labute approximate surface area is 114 Å². The highest BCUT2D eigenvalue weighted by molar-refractivity contribution is 5.63. The Kier molecular flexibility index (Phi) is 4.27. The van der Waals surface area contributed by atoms with Crippen molar-refractivity contribution in [3.63, 3.8) is 0 Å². The van der Waals surface area contributed by atoms with Crippen LogP contribution in [-0.4, -0.2) is 21.7 Å². The summed E-state index contributed by atoms with van der Waals surface area (Å²) >= 11 is 0. The largest absolute Gasteiger partial charge is 0.396 e. The van der Waals surface area contributed by atoms with Crippen molar-refractivity contribution >= 4 is 0 Å². The molecule has 0 spiro atoms. The first-order valence-corrected chi connectivity index (χ1v) is 6.67. The van der Waals surface area contributed by atoms with Gasteiger partial charge in [-0.3, -0.25) is 0 Å². The number of rotatable bonds is 4. The molecule has 0 saturated carbocycles. The summed E-state index contributed by atoms with van der Waals surface area (Å²) in [6, 6.07) is 8.26. The van der Waals surface area contributed by atoms with E-state index in [2.05, 4.69) is 42.0 Å². The Balaban J connectivity index is 2.43. The Morgan fingerprint density at radius 2 is 2.00 bits per heavy atom. The van der Waals surface area contributed by atoms with Crippen molar-refractivity contribution in [1.29, 1.82) is 0 Å². The van der Waals surface area contributed by atoms with Gasteiger partial charge in [-0.25, -0.2) is 9.97 Å². The first-order valence-electron chi connectivity index (χ1n) is 6.67. The summed E-state index contributed by atoms with van der Waals surface area (Å²) in [5.74, 6) is 0.744. The minimum atomic E-state index is 0.0192. The Hall–Kier alpha value is -1.74. The van der Waals surface area contributed by atoms with Crippen LogP contribution in [0.4, 0.5) is 0 Å². The van der Waals surface area contributed by atoms with E-state index in [0.29, 0.717) is 0 Å². The van der Waals surface area contributed by atoms with Crippen molar-refractivity contribution < 1.29 is 5.11 Å². The number of aryl methyl sites for hydroxylation is 2. The zero-order chi connectivity index (χ0) is 13.8. The van der Waals surface area contributed by atoms with Gasteiger partial charge in [0.15, 0.2) is 0 Å². The van der Waals surface area contributed by atoms with E-state index in [-0.39, 0.29) is 12.5 Å². The van der Waals surface area contributed by atoms with Crippen LogP contribution in [-0.2, 0) is 0 Å². The summed E-state index contributed by atoms with van der Waals surface area (Å²) < 4.78 is 0. The van der Waals surface area contributed by atoms with E-state index in [0.717, 1.165) is 23.5 Å². The molecule has 1 aromatic heterocycles. The molecule has 1 atom stereocenters. The number of hydrogen-bond donors (Lipinski definition) is 1. The lowest BCUT2D eigenvalue weighted by Crippen LogP contribution is -2.08. The molecule has 0 fully saturated rings. The smallest absolute Gasteiger partial charge is 0.134 e. The molecule has 2 aromatic rings. The molecule has 0 aliphatic heterocycles. The van der Waals surface area contributed by atoms with E-state index in [1.54, 1.807) is 6.20 Å². The number of benzene rings is 1. The summed E-state index contributed by atoms with van der Waals surface area (Å²) in [6.07, 6.45) is 2.61. The minimum absolute atomic E-state index is 0.0192. The van der Waals surface area contributed by atoms with Crippen molar-refractivity contribution in [2.45, 2.75) is 33.1 Å². The monoisotopic (exact) mass is 256 g/mol. The maximum Gasteiger partial charge on any atom is 0.134 e. The fourth-order valence-corrected chi connectivity index (χ4v) is 2.21. The molecular weight excluding hydrogens is 236 g/mol. The van der Waals surface area contributed by atoms with Crippen molar-refractivity contribution in [1.82, 2.24) is 9.97 Å². The molecule has 0 aliphatic carbocycles. The highest BCUT2D eigenvalue weighted by Crippen LogP contribution is 2.24. The fraction of sp³-hybridized carbons (Fsp3) is 0.375. The normalized spacial score (nSPS) is 12.4. The third-order valence-corrected chi connectivity index (χ3v) is 3.41. The SMILES string of the molecule is CCC(CO)c1nccc(-c2ccc(C)cc2C)n1. The highest BCUT2D eigenvalue weighted by Gasteiger charge is 2.12. The molecule has 0 aliphatic rings. The molecular formula is C16H20N2O. The van der Waals surface area contributed by atoms with Crippen LogP contribution in [0.15, 0.2) is 30.5 Å². The van der Waals surface area contributed by atoms with Gasteiger partial charge >= 0.3 is 0 Å². The summed E-state index contributed by atoms with van der Waals surface area (Å²) in [7, 11) is 0. The number of aliphatic hydroxyl groups excluding tert-OH is 1. The lowest BCUT2D eigenvalue weighted by atomic mass is 10.0. The molecule has 3 heteroatoms. The quantitative estimate of drug-likeness (QED) is 0.913. The van der Waals surface area contributed by atoms with E-state index in [4.69, 9.17) is 0 Å². The number of aromatic nitrogens is 2. The standard InChI is InChI=1S/C16H20N2O/c1-4-13(10-19)16-17-8-7-15(18-16)14-6-5-11(2)9-12(14)3/h5-9,13,19H,4,10H2,1-3H3. The molecule has 1 heterocycles. The van der Waals surface area contributed by atoms with Crippen LogP contribution in [0, 0.1) is 13.8 Å². The number of aliphatic hydroxyl groups is 1. The van der Waals surface area contributed by atoms with Gasteiger partial charge in [-0.15, -0.1) is 0 Å². The average molecular weight is 256 g/mol.